The van der Waals surface area contributed by atoms with Crippen LogP contribution in [0.25, 0.3) is 0 Å². The van der Waals surface area contributed by atoms with Gasteiger partial charge in [0, 0.05) is 13.5 Å². The molecule has 0 radical (unpaired) electrons. The van der Waals surface area contributed by atoms with Crippen LogP contribution in [0.2, 0.25) is 0 Å². The first-order valence-corrected chi connectivity index (χ1v) is 5.16. The van der Waals surface area contributed by atoms with E-state index >= 15 is 0 Å². The summed E-state index contributed by atoms with van der Waals surface area (Å²) in [7, 11) is 1.46. The summed E-state index contributed by atoms with van der Waals surface area (Å²) in [5.41, 5.74) is 0. The summed E-state index contributed by atoms with van der Waals surface area (Å²) >= 11 is 0. The van der Waals surface area contributed by atoms with Crippen molar-refractivity contribution in [2.24, 2.45) is 0 Å². The van der Waals surface area contributed by atoms with E-state index in [-0.39, 0.29) is 48.4 Å². The minimum absolute atomic E-state index is 0. The molecule has 1 amide bonds. The molecular formula is C11H18NNaO3. The molecule has 0 rings (SSSR count). The molecule has 4 nitrogen and oxygen atoms in total. The summed E-state index contributed by atoms with van der Waals surface area (Å²) in [5.74, 6) is -1.44. The Labute approximate surface area is 119 Å². The number of amides is 1. The Hall–Kier alpha value is -0.320. The van der Waals surface area contributed by atoms with Gasteiger partial charge in [-0.1, -0.05) is 31.9 Å². The van der Waals surface area contributed by atoms with E-state index in [9.17, 15) is 14.7 Å². The molecule has 0 aromatic carbocycles. The number of hydrogen-bond donors (Lipinski definition) is 0. The molecule has 16 heavy (non-hydrogen) atoms. The van der Waals surface area contributed by atoms with Crippen molar-refractivity contribution in [3.63, 3.8) is 0 Å². The summed E-state index contributed by atoms with van der Waals surface area (Å²) in [4.78, 5) is 22.7. The molecule has 5 heteroatoms. The van der Waals surface area contributed by atoms with Crippen LogP contribution >= 0.6 is 0 Å². The predicted molar refractivity (Wildman–Crippen MR) is 55.9 cm³/mol. The van der Waals surface area contributed by atoms with E-state index in [1.54, 1.807) is 6.08 Å². The SMILES string of the molecule is CCCC/C=C/CC(=O)N(C)CC(=O)[O-].[Na+]. The van der Waals surface area contributed by atoms with Crippen LogP contribution in [0.5, 0.6) is 0 Å². The van der Waals surface area contributed by atoms with Crippen molar-refractivity contribution in [3.05, 3.63) is 12.2 Å². The maximum absolute atomic E-state index is 11.3. The number of aliphatic carboxylic acids is 1. The van der Waals surface area contributed by atoms with Crippen LogP contribution in [0.1, 0.15) is 32.6 Å². The van der Waals surface area contributed by atoms with E-state index in [0.717, 1.165) is 24.2 Å². The number of hydrogen-bond acceptors (Lipinski definition) is 3. The summed E-state index contributed by atoms with van der Waals surface area (Å²) in [6.45, 7) is 1.76. The summed E-state index contributed by atoms with van der Waals surface area (Å²) in [6.07, 6.45) is 7.20. The molecule has 0 aromatic heterocycles. The maximum Gasteiger partial charge on any atom is 1.00 e. The standard InChI is InChI=1S/C11H19NO3.Na/c1-3-4-5-6-7-8-10(13)12(2)9-11(14)15;/h6-7H,3-5,8-9H2,1-2H3,(H,14,15);/q;+1/p-1/b7-6+;. The van der Waals surface area contributed by atoms with Gasteiger partial charge in [-0.15, -0.1) is 0 Å². The molecule has 0 aromatic rings. The molecule has 0 saturated carbocycles. The van der Waals surface area contributed by atoms with Crippen LogP contribution in [0.3, 0.4) is 0 Å². The smallest absolute Gasteiger partial charge is 0.548 e. The number of carboxylic acid groups (broad SMARTS) is 1. The summed E-state index contributed by atoms with van der Waals surface area (Å²) in [6, 6.07) is 0. The van der Waals surface area contributed by atoms with E-state index in [1.165, 1.54) is 7.05 Å². The molecule has 0 aliphatic rings. The zero-order valence-electron chi connectivity index (χ0n) is 10.4. The molecule has 0 fully saturated rings. The molecule has 0 saturated heterocycles. The molecule has 86 valence electrons. The second kappa shape index (κ2) is 11.2. The number of nitrogens with zero attached hydrogens (tertiary/aromatic N) is 1. The van der Waals surface area contributed by atoms with E-state index in [1.807, 2.05) is 6.08 Å². The summed E-state index contributed by atoms with van der Waals surface area (Å²) in [5, 5.41) is 10.2. The van der Waals surface area contributed by atoms with Crippen molar-refractivity contribution in [1.82, 2.24) is 4.90 Å². The van der Waals surface area contributed by atoms with Gasteiger partial charge in [-0.2, -0.15) is 0 Å². The first kappa shape index (κ1) is 18.1. The fourth-order valence-electron chi connectivity index (χ4n) is 1.06. The van der Waals surface area contributed by atoms with Gasteiger partial charge in [-0.3, -0.25) is 4.79 Å². The van der Waals surface area contributed by atoms with Gasteiger partial charge in [0.15, 0.2) is 0 Å². The van der Waals surface area contributed by atoms with Gasteiger partial charge in [0.25, 0.3) is 0 Å². The monoisotopic (exact) mass is 235 g/mol. The quantitative estimate of drug-likeness (QED) is 0.275. The third-order valence-electron chi connectivity index (χ3n) is 1.98. The minimum Gasteiger partial charge on any atom is -0.548 e. The third-order valence-corrected chi connectivity index (χ3v) is 1.98. The fourth-order valence-corrected chi connectivity index (χ4v) is 1.06. The normalized spacial score (nSPS) is 9.88. The van der Waals surface area contributed by atoms with Crippen molar-refractivity contribution >= 4 is 11.9 Å². The van der Waals surface area contributed by atoms with Gasteiger partial charge in [-0.05, 0) is 6.42 Å². The zero-order valence-corrected chi connectivity index (χ0v) is 12.4. The fraction of sp³-hybridized carbons (Fsp3) is 0.636. The van der Waals surface area contributed by atoms with Gasteiger partial charge in [0.05, 0.1) is 12.5 Å². The van der Waals surface area contributed by atoms with Crippen LogP contribution in [0, 0.1) is 0 Å². The predicted octanol–water partition coefficient (Wildman–Crippen LogP) is -2.66. The molecule has 0 spiro atoms. The average molecular weight is 235 g/mol. The van der Waals surface area contributed by atoms with Crippen molar-refractivity contribution in [2.45, 2.75) is 32.6 Å². The Morgan fingerprint density at radius 2 is 1.94 bits per heavy atom. The van der Waals surface area contributed by atoms with Crippen LogP contribution < -0.4 is 34.7 Å². The Balaban J connectivity index is 0. The maximum atomic E-state index is 11.3. The first-order valence-electron chi connectivity index (χ1n) is 5.16. The first-order chi connectivity index (χ1) is 7.07. The molecule has 0 N–H and O–H groups in total. The Morgan fingerprint density at radius 3 is 2.44 bits per heavy atom. The minimum atomic E-state index is -1.24. The number of unbranched alkanes of at least 4 members (excludes halogenated alkanes) is 2. The van der Waals surface area contributed by atoms with Gasteiger partial charge < -0.3 is 14.8 Å². The van der Waals surface area contributed by atoms with Crippen molar-refractivity contribution in [2.75, 3.05) is 13.6 Å². The number of likely N-dealkylation sites (N-methyl/N-ethyl adjacent to an activating group) is 1. The van der Waals surface area contributed by atoms with E-state index in [2.05, 4.69) is 6.92 Å². The molecular weight excluding hydrogens is 217 g/mol. The third kappa shape index (κ3) is 10.2. The van der Waals surface area contributed by atoms with Crippen molar-refractivity contribution in [1.29, 1.82) is 0 Å². The number of carbonyl (C=O) groups excluding carboxylic acids is 2. The van der Waals surface area contributed by atoms with Gasteiger partial charge >= 0.3 is 29.6 Å². The van der Waals surface area contributed by atoms with Gasteiger partial charge in [-0.25, -0.2) is 0 Å². The average Bonchev–Trinajstić information content (AvgIpc) is 2.16. The Kier molecular flexibility index (Phi) is 12.6. The number of rotatable bonds is 7. The molecule has 0 atom stereocenters. The summed E-state index contributed by atoms with van der Waals surface area (Å²) < 4.78 is 0. The Bertz CT molecular complexity index is 241. The molecule has 0 aliphatic carbocycles. The number of carboxylic acids is 1. The van der Waals surface area contributed by atoms with Crippen LogP contribution in [0.15, 0.2) is 12.2 Å². The van der Waals surface area contributed by atoms with E-state index in [4.69, 9.17) is 0 Å². The van der Waals surface area contributed by atoms with Gasteiger partial charge in [0.1, 0.15) is 0 Å². The van der Waals surface area contributed by atoms with Gasteiger partial charge in [0.2, 0.25) is 5.91 Å². The topological polar surface area (TPSA) is 60.4 Å². The molecule has 0 heterocycles. The van der Waals surface area contributed by atoms with Crippen molar-refractivity contribution in [3.8, 4) is 0 Å². The van der Waals surface area contributed by atoms with Crippen molar-refractivity contribution < 1.29 is 44.3 Å². The van der Waals surface area contributed by atoms with Crippen LogP contribution in [0.4, 0.5) is 0 Å². The second-order valence-corrected chi connectivity index (χ2v) is 3.44. The molecule has 0 bridgehead atoms. The largest absolute Gasteiger partial charge is 1.00 e. The number of allylic oxidation sites excluding steroid dienone is 1. The van der Waals surface area contributed by atoms with Crippen LogP contribution in [-0.4, -0.2) is 30.4 Å². The van der Waals surface area contributed by atoms with E-state index in [0.29, 0.717) is 0 Å². The van der Waals surface area contributed by atoms with E-state index < -0.39 is 5.97 Å². The zero-order chi connectivity index (χ0) is 11.7. The number of carbonyl (C=O) groups is 2. The Morgan fingerprint density at radius 1 is 1.31 bits per heavy atom. The molecule has 0 unspecified atom stereocenters. The molecule has 0 aliphatic heterocycles. The second-order valence-electron chi connectivity index (χ2n) is 3.44. The van der Waals surface area contributed by atoms with Crippen LogP contribution in [-0.2, 0) is 9.59 Å².